The summed E-state index contributed by atoms with van der Waals surface area (Å²) in [6.07, 6.45) is 3.11. The molecule has 0 spiro atoms. The first-order chi connectivity index (χ1) is 10.8. The van der Waals surface area contributed by atoms with Gasteiger partial charge in [-0.25, -0.2) is 9.97 Å². The fourth-order valence-corrected chi connectivity index (χ4v) is 2.75. The van der Waals surface area contributed by atoms with Crippen LogP contribution >= 0.6 is 0 Å². The van der Waals surface area contributed by atoms with Gasteiger partial charge in [0.25, 0.3) is 11.5 Å². The number of nitrogens with one attached hydrogen (secondary N) is 1. The minimum absolute atomic E-state index is 0.143. The molecule has 8 heteroatoms. The van der Waals surface area contributed by atoms with E-state index in [2.05, 4.69) is 15.0 Å². The minimum atomic E-state index is -0.668. The molecule has 0 saturated carbocycles. The lowest BCUT2D eigenvalue weighted by Crippen LogP contribution is -2.17. The largest absolute Gasteiger partial charge is 0.384 e. The topological polar surface area (TPSA) is 133 Å². The highest BCUT2D eigenvalue weighted by molar-refractivity contribution is 6.10. The van der Waals surface area contributed by atoms with Crippen molar-refractivity contribution >= 4 is 22.8 Å². The van der Waals surface area contributed by atoms with E-state index in [0.717, 1.165) is 5.56 Å². The number of amides is 1. The molecule has 0 atom stereocenters. The Morgan fingerprint density at radius 1 is 1.30 bits per heavy atom. The Labute approximate surface area is 131 Å². The second-order valence-corrected chi connectivity index (χ2v) is 5.39. The number of hydrogen-bond donors (Lipinski definition) is 3. The van der Waals surface area contributed by atoms with Crippen molar-refractivity contribution in [1.82, 2.24) is 19.5 Å². The summed E-state index contributed by atoms with van der Waals surface area (Å²) in [6.45, 7) is 5.25. The predicted octanol–water partition coefficient (Wildman–Crippen LogP) is 0.715. The quantitative estimate of drug-likeness (QED) is 0.641. The first-order valence-electron chi connectivity index (χ1n) is 6.95. The molecule has 3 rings (SSSR count). The van der Waals surface area contributed by atoms with E-state index in [4.69, 9.17) is 11.5 Å². The molecule has 0 unspecified atom stereocenters. The number of fused-ring (bicyclic) bond motifs is 1. The van der Waals surface area contributed by atoms with Gasteiger partial charge >= 0.3 is 0 Å². The second-order valence-electron chi connectivity index (χ2n) is 5.39. The predicted molar refractivity (Wildman–Crippen MR) is 86.6 cm³/mol. The third kappa shape index (κ3) is 2.07. The van der Waals surface area contributed by atoms with Crippen molar-refractivity contribution in [3.63, 3.8) is 0 Å². The highest BCUT2D eigenvalue weighted by atomic mass is 16.1. The number of aromatic nitrogens is 4. The molecule has 3 heterocycles. The minimum Gasteiger partial charge on any atom is -0.384 e. The van der Waals surface area contributed by atoms with Crippen molar-refractivity contribution in [2.24, 2.45) is 5.73 Å². The lowest BCUT2D eigenvalue weighted by molar-refractivity contribution is 0.100. The summed E-state index contributed by atoms with van der Waals surface area (Å²) < 4.78 is 1.59. The molecule has 0 radical (unpaired) electrons. The summed E-state index contributed by atoms with van der Waals surface area (Å²) in [6, 6.07) is 0. The Bertz CT molecular complexity index is 1010. The number of carbonyl (C=O) groups is 1. The Balaban J connectivity index is 2.55. The molecule has 0 saturated heterocycles. The Morgan fingerprint density at radius 2 is 2.00 bits per heavy atom. The van der Waals surface area contributed by atoms with Crippen molar-refractivity contribution in [3.8, 4) is 5.69 Å². The summed E-state index contributed by atoms with van der Waals surface area (Å²) in [7, 11) is 0. The van der Waals surface area contributed by atoms with Gasteiger partial charge in [-0.15, -0.1) is 0 Å². The zero-order valence-corrected chi connectivity index (χ0v) is 13.0. The first-order valence-corrected chi connectivity index (χ1v) is 6.95. The molecule has 118 valence electrons. The van der Waals surface area contributed by atoms with Crippen LogP contribution in [0.4, 0.5) is 5.82 Å². The smallest absolute Gasteiger partial charge is 0.253 e. The number of nitrogen functional groups attached to an aromatic ring is 1. The molecule has 0 aliphatic carbocycles. The third-order valence-electron chi connectivity index (χ3n) is 3.83. The van der Waals surface area contributed by atoms with Crippen LogP contribution in [0.1, 0.15) is 27.3 Å². The molecule has 0 fully saturated rings. The number of rotatable bonds is 2. The molecular weight excluding hydrogens is 296 g/mol. The van der Waals surface area contributed by atoms with Gasteiger partial charge in [-0.3, -0.25) is 14.2 Å². The molecule has 3 aromatic heterocycles. The average Bonchev–Trinajstić information content (AvgIpc) is 2.76. The van der Waals surface area contributed by atoms with E-state index in [9.17, 15) is 9.59 Å². The van der Waals surface area contributed by atoms with Gasteiger partial charge in [-0.1, -0.05) is 0 Å². The number of anilines is 1. The number of nitrogens with two attached hydrogens (primary N) is 2. The third-order valence-corrected chi connectivity index (χ3v) is 3.83. The van der Waals surface area contributed by atoms with Gasteiger partial charge in [-0.05, 0) is 26.3 Å². The molecule has 1 amide bonds. The maximum atomic E-state index is 12.0. The zero-order chi connectivity index (χ0) is 16.9. The molecule has 3 aromatic rings. The van der Waals surface area contributed by atoms with Crippen LogP contribution in [0.5, 0.6) is 0 Å². The second kappa shape index (κ2) is 4.94. The van der Waals surface area contributed by atoms with Crippen LogP contribution < -0.4 is 17.0 Å². The van der Waals surface area contributed by atoms with Gasteiger partial charge in [0, 0.05) is 18.0 Å². The normalized spacial score (nSPS) is 11.1. The van der Waals surface area contributed by atoms with E-state index in [0.29, 0.717) is 28.1 Å². The molecule has 0 aliphatic rings. The van der Waals surface area contributed by atoms with Crippen molar-refractivity contribution in [2.75, 3.05) is 5.73 Å². The average molecular weight is 312 g/mol. The van der Waals surface area contributed by atoms with Crippen molar-refractivity contribution < 1.29 is 4.79 Å². The summed E-state index contributed by atoms with van der Waals surface area (Å²) in [4.78, 5) is 34.9. The fraction of sp³-hybridized carbons (Fsp3) is 0.200. The van der Waals surface area contributed by atoms with E-state index in [-0.39, 0.29) is 16.9 Å². The summed E-state index contributed by atoms with van der Waals surface area (Å²) in [5, 5.41) is 0.458. The number of H-pyrrole nitrogens is 1. The van der Waals surface area contributed by atoms with Crippen LogP contribution in [-0.4, -0.2) is 25.4 Å². The molecule has 5 N–H and O–H groups in total. The van der Waals surface area contributed by atoms with Crippen LogP contribution in [0.3, 0.4) is 0 Å². The summed E-state index contributed by atoms with van der Waals surface area (Å²) in [5.74, 6) is -0.00420. The number of pyridine rings is 1. The van der Waals surface area contributed by atoms with E-state index in [1.807, 2.05) is 6.92 Å². The van der Waals surface area contributed by atoms with E-state index >= 15 is 0 Å². The van der Waals surface area contributed by atoms with E-state index in [1.54, 1.807) is 24.6 Å². The van der Waals surface area contributed by atoms with Crippen molar-refractivity contribution in [3.05, 3.63) is 45.3 Å². The van der Waals surface area contributed by atoms with E-state index < -0.39 is 5.91 Å². The highest BCUT2D eigenvalue weighted by Gasteiger charge is 2.23. The van der Waals surface area contributed by atoms with Crippen molar-refractivity contribution in [1.29, 1.82) is 0 Å². The summed E-state index contributed by atoms with van der Waals surface area (Å²) >= 11 is 0. The van der Waals surface area contributed by atoms with Crippen LogP contribution in [0.15, 0.2) is 17.2 Å². The summed E-state index contributed by atoms with van der Waals surface area (Å²) in [5.41, 5.74) is 13.8. The standard InChI is InChI=1S/C15H16N6O2/c1-6-4-19-15(23)7(2)11(6)21-12(16)10(13(17)22)9-5-18-8(3)20-14(9)21/h4-5H,16H2,1-3H3,(H2,17,22)(H,19,23). The molecule has 0 aromatic carbocycles. The molecule has 23 heavy (non-hydrogen) atoms. The Hall–Kier alpha value is -3.16. The first kappa shape index (κ1) is 14.8. The van der Waals surface area contributed by atoms with Gasteiger partial charge < -0.3 is 16.5 Å². The molecular formula is C15H16N6O2. The number of hydrogen-bond acceptors (Lipinski definition) is 5. The van der Waals surface area contributed by atoms with Gasteiger partial charge in [0.1, 0.15) is 11.6 Å². The number of carbonyl (C=O) groups excluding carboxylic acids is 1. The van der Waals surface area contributed by atoms with Crippen LogP contribution in [0.2, 0.25) is 0 Å². The maximum absolute atomic E-state index is 12.0. The lowest BCUT2D eigenvalue weighted by Gasteiger charge is -2.13. The van der Waals surface area contributed by atoms with Crippen molar-refractivity contribution in [2.45, 2.75) is 20.8 Å². The number of nitrogens with zero attached hydrogens (tertiary/aromatic N) is 3. The Morgan fingerprint density at radius 3 is 2.65 bits per heavy atom. The maximum Gasteiger partial charge on any atom is 0.253 e. The van der Waals surface area contributed by atoms with E-state index in [1.165, 1.54) is 6.20 Å². The van der Waals surface area contributed by atoms with Gasteiger partial charge in [0.15, 0.2) is 5.65 Å². The fourth-order valence-electron chi connectivity index (χ4n) is 2.75. The number of aryl methyl sites for hydroxylation is 2. The van der Waals surface area contributed by atoms with Crippen LogP contribution in [0, 0.1) is 20.8 Å². The highest BCUT2D eigenvalue weighted by Crippen LogP contribution is 2.31. The zero-order valence-electron chi connectivity index (χ0n) is 13.0. The van der Waals surface area contributed by atoms with Gasteiger partial charge in [0.05, 0.1) is 16.6 Å². The SMILES string of the molecule is Cc1ncc2c(C(N)=O)c(N)n(-c3c(C)c[nH]c(=O)c3C)c2n1. The molecule has 0 aliphatic heterocycles. The number of aromatic amines is 1. The molecule has 8 nitrogen and oxygen atoms in total. The van der Waals surface area contributed by atoms with Crippen LogP contribution in [-0.2, 0) is 0 Å². The molecule has 0 bridgehead atoms. The number of primary amides is 1. The van der Waals surface area contributed by atoms with Gasteiger partial charge in [0.2, 0.25) is 0 Å². The van der Waals surface area contributed by atoms with Gasteiger partial charge in [-0.2, -0.15) is 0 Å². The Kier molecular flexibility index (Phi) is 3.17. The van der Waals surface area contributed by atoms with Crippen LogP contribution in [0.25, 0.3) is 16.7 Å². The monoisotopic (exact) mass is 312 g/mol. The lowest BCUT2D eigenvalue weighted by atomic mass is 10.1.